The number of rotatable bonds is 6. The normalized spacial score (nSPS) is 11.5. The zero-order valence-corrected chi connectivity index (χ0v) is 19.2. The van der Waals surface area contributed by atoms with Gasteiger partial charge in [0.05, 0.1) is 23.9 Å². The Kier molecular flexibility index (Phi) is 6.91. The fourth-order valence-electron chi connectivity index (χ4n) is 3.58. The smallest absolute Gasteiger partial charge is 0.416 e. The number of aromatic nitrogens is 2. The van der Waals surface area contributed by atoms with E-state index in [-0.39, 0.29) is 40.8 Å². The predicted octanol–water partition coefficient (Wildman–Crippen LogP) is 3.25. The third kappa shape index (κ3) is 4.99. The van der Waals surface area contributed by atoms with E-state index < -0.39 is 29.4 Å². The monoisotopic (exact) mass is 518 g/mol. The third-order valence-electron chi connectivity index (χ3n) is 5.22. The van der Waals surface area contributed by atoms with Crippen molar-refractivity contribution in [3.05, 3.63) is 89.5 Å². The number of pyridine rings is 1. The highest BCUT2D eigenvalue weighted by Crippen LogP contribution is 2.31. The Balaban J connectivity index is 1.83. The van der Waals surface area contributed by atoms with Gasteiger partial charge in [-0.05, 0) is 48.5 Å². The van der Waals surface area contributed by atoms with Crippen LogP contribution in [0.2, 0.25) is 0 Å². The molecule has 0 saturated heterocycles. The number of imidazole rings is 1. The Hall–Kier alpha value is -4.03. The highest BCUT2D eigenvalue weighted by Gasteiger charge is 2.31. The maximum absolute atomic E-state index is 13.5. The van der Waals surface area contributed by atoms with Gasteiger partial charge in [-0.2, -0.15) is 17.6 Å². The van der Waals surface area contributed by atoms with Crippen molar-refractivity contribution in [3.8, 4) is 5.69 Å². The second-order valence-corrected chi connectivity index (χ2v) is 8.01. The van der Waals surface area contributed by atoms with Gasteiger partial charge in [-0.25, -0.2) is 8.96 Å². The molecule has 2 amide bonds. The Morgan fingerprint density at radius 1 is 1.03 bits per heavy atom. The van der Waals surface area contributed by atoms with Crippen LogP contribution in [-0.2, 0) is 18.8 Å². The first-order valence-electron chi connectivity index (χ1n) is 10.5. The molecule has 0 unspecified atom stereocenters. The fourth-order valence-corrected chi connectivity index (χ4v) is 3.97. The van der Waals surface area contributed by atoms with Gasteiger partial charge in [0.25, 0.3) is 17.5 Å². The molecule has 0 atom stereocenters. The molecule has 4 rings (SSSR count). The molecule has 0 aliphatic carbocycles. The van der Waals surface area contributed by atoms with Crippen LogP contribution < -0.4 is 15.0 Å². The van der Waals surface area contributed by atoms with Crippen molar-refractivity contribution in [2.45, 2.75) is 11.2 Å². The molecule has 3 N–H and O–H groups in total. The second-order valence-electron chi connectivity index (χ2n) is 7.62. The van der Waals surface area contributed by atoms with Crippen molar-refractivity contribution in [1.29, 1.82) is 0 Å². The number of aliphatic hydroxyl groups is 1. The Bertz CT molecular complexity index is 1450. The number of carbonyl (C=O) groups is 2. The van der Waals surface area contributed by atoms with Gasteiger partial charge in [-0.15, -0.1) is 0 Å². The molecule has 4 aromatic rings. The van der Waals surface area contributed by atoms with Crippen LogP contribution in [0.15, 0.2) is 71.9 Å². The minimum absolute atomic E-state index is 0.0148. The van der Waals surface area contributed by atoms with E-state index in [2.05, 4.69) is 10.6 Å². The van der Waals surface area contributed by atoms with Crippen molar-refractivity contribution in [3.63, 3.8) is 0 Å². The molecule has 0 fully saturated rings. The van der Waals surface area contributed by atoms with Crippen LogP contribution in [0, 0.1) is 5.82 Å². The van der Waals surface area contributed by atoms with Crippen molar-refractivity contribution in [1.82, 2.24) is 9.88 Å². The molecule has 0 aliphatic heterocycles. The van der Waals surface area contributed by atoms with Gasteiger partial charge >= 0.3 is 6.18 Å². The molecule has 2 heterocycles. The van der Waals surface area contributed by atoms with E-state index in [4.69, 9.17) is 17.7 Å². The molecule has 7 nitrogen and oxygen atoms in total. The molecule has 0 aliphatic rings. The summed E-state index contributed by atoms with van der Waals surface area (Å²) in [4.78, 5) is 25.6. The van der Waals surface area contributed by atoms with Gasteiger partial charge in [0, 0.05) is 23.3 Å². The van der Waals surface area contributed by atoms with E-state index in [0.29, 0.717) is 5.69 Å². The summed E-state index contributed by atoms with van der Waals surface area (Å²) in [7, 11) is 0. The number of aliphatic hydroxyl groups excluding tert-OH is 1. The topological polar surface area (TPSA) is 87.5 Å². The molecular weight excluding hydrogens is 500 g/mol. The lowest BCUT2D eigenvalue weighted by atomic mass is 10.2. The zero-order valence-electron chi connectivity index (χ0n) is 18.3. The first-order valence-corrected chi connectivity index (χ1v) is 10.9. The van der Waals surface area contributed by atoms with Gasteiger partial charge in [0.2, 0.25) is 5.69 Å². The first kappa shape index (κ1) is 25.1. The highest BCUT2D eigenvalue weighted by molar-refractivity contribution is 7.58. The second kappa shape index (κ2) is 9.91. The highest BCUT2D eigenvalue weighted by atomic mass is 32.1. The molecule has 0 spiro atoms. The Labute approximate surface area is 207 Å². The van der Waals surface area contributed by atoms with E-state index >= 15 is 0 Å². The van der Waals surface area contributed by atoms with Crippen LogP contribution in [0.25, 0.3) is 11.3 Å². The standard InChI is InChI=1S/C24H18F4N4O3S/c25-16-4-6-18(7-5-16)32-19-12-14(21(34)29-9-11-33)8-10-31(19)20(23(32)36)22(35)30-17-3-1-2-15(13-17)24(26,27)28/h1-8,10,12-13,33H,9,11H2,(H2-,29,30,34,35,36). The molecule has 0 saturated carbocycles. The average molecular weight is 518 g/mol. The lowest BCUT2D eigenvalue weighted by Crippen LogP contribution is -2.32. The fraction of sp³-hybridized carbons (Fsp3) is 0.125. The molecule has 2 aromatic carbocycles. The summed E-state index contributed by atoms with van der Waals surface area (Å²) >= 11 is 5.54. The molecule has 186 valence electrons. The maximum atomic E-state index is 13.5. The van der Waals surface area contributed by atoms with E-state index in [1.807, 2.05) is 0 Å². The first-order chi connectivity index (χ1) is 17.1. The SMILES string of the molecule is O=C(NCCO)c1cc[n+]2c(C(=O)Nc3cccc(C(F)(F)F)c3)c([S-])n(-c3ccc(F)cc3)c2c1. The number of hydrogen-bond acceptors (Lipinski definition) is 4. The van der Waals surface area contributed by atoms with E-state index in [9.17, 15) is 27.2 Å². The van der Waals surface area contributed by atoms with Crippen LogP contribution in [0.1, 0.15) is 26.4 Å². The number of halogens is 4. The summed E-state index contributed by atoms with van der Waals surface area (Å²) in [6, 6.07) is 12.3. The quantitative estimate of drug-likeness (QED) is 0.208. The summed E-state index contributed by atoms with van der Waals surface area (Å²) in [6.07, 6.45) is -3.18. The van der Waals surface area contributed by atoms with E-state index in [0.717, 1.165) is 12.1 Å². The van der Waals surface area contributed by atoms with Crippen LogP contribution in [0.3, 0.4) is 0 Å². The summed E-state index contributed by atoms with van der Waals surface area (Å²) in [5.41, 5.74) is -0.234. The minimum Gasteiger partial charge on any atom is -0.732 e. The summed E-state index contributed by atoms with van der Waals surface area (Å²) in [5.74, 6) is -1.77. The van der Waals surface area contributed by atoms with E-state index in [1.54, 1.807) is 0 Å². The number of anilines is 1. The number of benzene rings is 2. The number of alkyl halides is 3. The third-order valence-corrected chi connectivity index (χ3v) is 5.59. The number of hydrogen-bond donors (Lipinski definition) is 3. The lowest BCUT2D eigenvalue weighted by Gasteiger charge is -2.10. The number of amides is 2. The molecule has 2 aromatic heterocycles. The van der Waals surface area contributed by atoms with Crippen LogP contribution >= 0.6 is 0 Å². The minimum atomic E-state index is -4.59. The molecule has 12 heteroatoms. The molecule has 0 bridgehead atoms. The summed E-state index contributed by atoms with van der Waals surface area (Å²) in [6.45, 7) is -0.231. The molecule has 36 heavy (non-hydrogen) atoms. The van der Waals surface area contributed by atoms with Crippen LogP contribution in [0.4, 0.5) is 23.2 Å². The van der Waals surface area contributed by atoms with Crippen LogP contribution in [-0.4, -0.2) is 34.6 Å². The lowest BCUT2D eigenvalue weighted by molar-refractivity contribution is -0.514. The summed E-state index contributed by atoms with van der Waals surface area (Å²) < 4.78 is 55.6. The van der Waals surface area contributed by atoms with Crippen molar-refractivity contribution in [2.75, 3.05) is 18.5 Å². The zero-order chi connectivity index (χ0) is 26.0. The number of nitrogens with zero attached hydrogens (tertiary/aromatic N) is 2. The van der Waals surface area contributed by atoms with Crippen molar-refractivity contribution in [2.24, 2.45) is 0 Å². The maximum Gasteiger partial charge on any atom is 0.416 e. The van der Waals surface area contributed by atoms with E-state index in [1.165, 1.54) is 63.7 Å². The van der Waals surface area contributed by atoms with Gasteiger partial charge in [0.1, 0.15) is 11.5 Å². The molecular formula is C24H18F4N4O3S. The van der Waals surface area contributed by atoms with Crippen LogP contribution in [0.5, 0.6) is 0 Å². The number of carbonyl (C=O) groups excluding carboxylic acids is 2. The average Bonchev–Trinajstić information content (AvgIpc) is 3.13. The Morgan fingerprint density at radius 3 is 2.42 bits per heavy atom. The summed E-state index contributed by atoms with van der Waals surface area (Å²) in [5, 5.41) is 13.9. The van der Waals surface area contributed by atoms with Gasteiger partial charge in [-0.1, -0.05) is 6.07 Å². The predicted molar refractivity (Wildman–Crippen MR) is 123 cm³/mol. The van der Waals surface area contributed by atoms with Gasteiger partial charge in [-0.3, -0.25) is 9.59 Å². The molecule has 0 radical (unpaired) electrons. The van der Waals surface area contributed by atoms with Gasteiger partial charge in [0.15, 0.2) is 0 Å². The Morgan fingerprint density at radius 2 is 1.75 bits per heavy atom. The number of fused-ring (bicyclic) bond motifs is 1. The van der Waals surface area contributed by atoms with Gasteiger partial charge < -0.3 is 28.4 Å². The van der Waals surface area contributed by atoms with Crippen molar-refractivity contribution >= 4 is 35.8 Å². The number of nitrogens with one attached hydrogen (secondary N) is 2. The largest absolute Gasteiger partial charge is 0.732 e. The van der Waals surface area contributed by atoms with Crippen molar-refractivity contribution < 1.29 is 36.7 Å².